The summed E-state index contributed by atoms with van der Waals surface area (Å²) in [5.74, 6) is 27.5. The molecule has 2 N–H and O–H groups in total. The van der Waals surface area contributed by atoms with Gasteiger partial charge in [0.25, 0.3) is 0 Å². The molecule has 0 saturated heterocycles. The van der Waals surface area contributed by atoms with Crippen LogP contribution in [0.25, 0.3) is 53.9 Å². The second-order valence-corrected chi connectivity index (χ2v) is 14.8. The van der Waals surface area contributed by atoms with Crippen LogP contribution in [-0.4, -0.2) is 9.97 Å². The molecule has 0 aliphatic heterocycles. The number of nitrogens with one attached hydrogen (secondary N) is 2. The van der Waals surface area contributed by atoms with Gasteiger partial charge in [-0.1, -0.05) is 71.6 Å². The standard InChI is InChI=1S/C48H24N2S3/c1-3-31(45-27-51-25-39(45)5-1)7-9-33-11-13-35(43-23-49-21-41(33)43)15-17-37-19-20-38(48-30-53-29-47(37)48)18-16-36-14-12-34(42-22-50-24-44(36)42)10-8-32-4-2-6-40-26-52-28-46(32)40/h1-6,11-14,19-30,49-50H. The van der Waals surface area contributed by atoms with Crippen LogP contribution in [0.15, 0.2) is 130 Å². The van der Waals surface area contributed by atoms with Crippen LogP contribution in [0.5, 0.6) is 0 Å². The average molecular weight is 725 g/mol. The summed E-state index contributed by atoms with van der Waals surface area (Å²) in [6, 6.07) is 25.0. The molecule has 0 spiro atoms. The van der Waals surface area contributed by atoms with Gasteiger partial charge in [-0.05, 0) is 91.6 Å². The minimum atomic E-state index is 0.964. The Balaban J connectivity index is 0.943. The van der Waals surface area contributed by atoms with Crippen molar-refractivity contribution in [1.82, 2.24) is 9.97 Å². The van der Waals surface area contributed by atoms with Crippen LogP contribution in [0, 0.1) is 47.4 Å². The van der Waals surface area contributed by atoms with Gasteiger partial charge in [0, 0.05) is 112 Å². The highest BCUT2D eigenvalue weighted by atomic mass is 32.1. The summed E-state index contributed by atoms with van der Waals surface area (Å²) in [7, 11) is 0. The maximum atomic E-state index is 3.47. The van der Waals surface area contributed by atoms with Gasteiger partial charge >= 0.3 is 0 Å². The van der Waals surface area contributed by atoms with Crippen LogP contribution < -0.4 is 0 Å². The van der Waals surface area contributed by atoms with Crippen molar-refractivity contribution in [2.75, 3.05) is 0 Å². The van der Waals surface area contributed by atoms with E-state index in [0.29, 0.717) is 0 Å². The molecule has 0 fully saturated rings. The van der Waals surface area contributed by atoms with Gasteiger partial charge < -0.3 is 9.97 Å². The number of rotatable bonds is 0. The molecule has 244 valence electrons. The summed E-state index contributed by atoms with van der Waals surface area (Å²) in [4.78, 5) is 6.55. The third kappa shape index (κ3) is 5.68. The van der Waals surface area contributed by atoms with E-state index in [0.717, 1.165) is 76.8 Å². The number of fused-ring (bicyclic) bond motifs is 5. The Morgan fingerprint density at radius 3 is 0.925 bits per heavy atom. The first kappa shape index (κ1) is 31.1. The molecule has 0 unspecified atom stereocenters. The number of aromatic amines is 2. The summed E-state index contributed by atoms with van der Waals surface area (Å²) in [5.41, 5.74) is 7.95. The fraction of sp³-hybridized carbons (Fsp3) is 0. The maximum Gasteiger partial charge on any atom is 0.0343 e. The van der Waals surface area contributed by atoms with E-state index in [2.05, 4.69) is 162 Å². The molecule has 10 rings (SSSR count). The van der Waals surface area contributed by atoms with Crippen molar-refractivity contribution >= 4 is 87.9 Å². The molecular formula is C48H24N2S3. The van der Waals surface area contributed by atoms with Crippen molar-refractivity contribution in [2.45, 2.75) is 0 Å². The Hall–Kier alpha value is -6.70. The number of hydrogen-bond acceptors (Lipinski definition) is 3. The fourth-order valence-corrected chi connectivity index (χ4v) is 9.25. The normalized spacial score (nSPS) is 10.8. The van der Waals surface area contributed by atoms with E-state index in [1.165, 1.54) is 21.5 Å². The zero-order valence-electron chi connectivity index (χ0n) is 27.9. The zero-order valence-corrected chi connectivity index (χ0v) is 30.4. The summed E-state index contributed by atoms with van der Waals surface area (Å²) in [5, 5.41) is 24.3. The average Bonchev–Trinajstić information content (AvgIpc) is 4.03. The number of thiophene rings is 3. The SMILES string of the molecule is C(#Cc1ccc(C#Cc2ccc(C#Cc3ccc(C#Cc4cccc5cscc45)c4c[nH]cc34)c3cscc23)c2c[nH]cc12)c1cccc2cscc12. The second-order valence-electron chi connectivity index (χ2n) is 12.6. The Morgan fingerprint density at radius 1 is 0.283 bits per heavy atom. The molecule has 0 aliphatic rings. The van der Waals surface area contributed by atoms with Crippen molar-refractivity contribution in [2.24, 2.45) is 0 Å². The second kappa shape index (κ2) is 13.1. The Kier molecular flexibility index (Phi) is 7.69. The summed E-state index contributed by atoms with van der Waals surface area (Å²) in [6.45, 7) is 0. The number of H-pyrrole nitrogens is 2. The fourth-order valence-electron chi connectivity index (χ4n) is 6.77. The van der Waals surface area contributed by atoms with Gasteiger partial charge in [0.1, 0.15) is 0 Å². The van der Waals surface area contributed by atoms with Crippen molar-refractivity contribution in [3.63, 3.8) is 0 Å². The summed E-state index contributed by atoms with van der Waals surface area (Å²) < 4.78 is 0. The molecule has 0 atom stereocenters. The monoisotopic (exact) mass is 724 g/mol. The molecule has 0 bridgehead atoms. The summed E-state index contributed by atoms with van der Waals surface area (Å²) >= 11 is 5.08. The largest absolute Gasteiger partial charge is 0.366 e. The Morgan fingerprint density at radius 2 is 0.566 bits per heavy atom. The third-order valence-electron chi connectivity index (χ3n) is 9.51. The van der Waals surface area contributed by atoms with Crippen molar-refractivity contribution in [3.8, 4) is 47.4 Å². The van der Waals surface area contributed by atoms with Crippen LogP contribution in [0.1, 0.15) is 44.5 Å². The third-order valence-corrected chi connectivity index (χ3v) is 11.8. The molecule has 0 radical (unpaired) electrons. The van der Waals surface area contributed by atoms with Crippen LogP contribution in [0.2, 0.25) is 0 Å². The molecule has 5 heterocycles. The minimum absolute atomic E-state index is 0.964. The van der Waals surface area contributed by atoms with Crippen molar-refractivity contribution in [3.05, 3.63) is 174 Å². The van der Waals surface area contributed by atoms with E-state index in [4.69, 9.17) is 0 Å². The topological polar surface area (TPSA) is 31.6 Å². The molecule has 2 nitrogen and oxygen atoms in total. The smallest absolute Gasteiger partial charge is 0.0343 e. The van der Waals surface area contributed by atoms with Gasteiger partial charge in [-0.15, -0.1) is 0 Å². The Labute approximate surface area is 317 Å². The van der Waals surface area contributed by atoms with E-state index < -0.39 is 0 Å². The van der Waals surface area contributed by atoms with Gasteiger partial charge in [-0.3, -0.25) is 0 Å². The highest BCUT2D eigenvalue weighted by Crippen LogP contribution is 2.29. The van der Waals surface area contributed by atoms with E-state index in [-0.39, 0.29) is 0 Å². The highest BCUT2D eigenvalue weighted by Gasteiger charge is 2.09. The molecule has 0 amide bonds. The Bertz CT molecular complexity index is 3110. The molecule has 5 heteroatoms. The van der Waals surface area contributed by atoms with Crippen molar-refractivity contribution < 1.29 is 0 Å². The lowest BCUT2D eigenvalue weighted by atomic mass is 10.0. The van der Waals surface area contributed by atoms with E-state index in [1.54, 1.807) is 34.0 Å². The van der Waals surface area contributed by atoms with Crippen molar-refractivity contribution in [1.29, 1.82) is 0 Å². The molecule has 5 aromatic heterocycles. The molecule has 10 aromatic rings. The lowest BCUT2D eigenvalue weighted by molar-refractivity contribution is 1.43. The first-order valence-corrected chi connectivity index (χ1v) is 19.8. The van der Waals surface area contributed by atoms with Crippen LogP contribution >= 0.6 is 34.0 Å². The van der Waals surface area contributed by atoms with E-state index >= 15 is 0 Å². The highest BCUT2D eigenvalue weighted by molar-refractivity contribution is 7.10. The van der Waals surface area contributed by atoms with Crippen LogP contribution in [-0.2, 0) is 0 Å². The van der Waals surface area contributed by atoms with Gasteiger partial charge in [0.15, 0.2) is 0 Å². The predicted octanol–water partition coefficient (Wildman–Crippen LogP) is 11.9. The lowest BCUT2D eigenvalue weighted by Crippen LogP contribution is -1.85. The predicted molar refractivity (Wildman–Crippen MR) is 226 cm³/mol. The lowest BCUT2D eigenvalue weighted by Gasteiger charge is -2.01. The minimum Gasteiger partial charge on any atom is -0.366 e. The molecular weight excluding hydrogens is 701 g/mol. The molecule has 53 heavy (non-hydrogen) atoms. The van der Waals surface area contributed by atoms with E-state index in [1.807, 2.05) is 24.8 Å². The number of aromatic nitrogens is 2. The van der Waals surface area contributed by atoms with Gasteiger partial charge in [-0.2, -0.15) is 34.0 Å². The van der Waals surface area contributed by atoms with Gasteiger partial charge in [0.05, 0.1) is 0 Å². The number of hydrogen-bond donors (Lipinski definition) is 2. The quantitative estimate of drug-likeness (QED) is 0.146. The first-order valence-electron chi connectivity index (χ1n) is 16.9. The van der Waals surface area contributed by atoms with Gasteiger partial charge in [-0.25, -0.2) is 0 Å². The number of benzene rings is 5. The summed E-state index contributed by atoms with van der Waals surface area (Å²) in [6.07, 6.45) is 8.04. The first-order chi connectivity index (χ1) is 26.3. The van der Waals surface area contributed by atoms with Crippen LogP contribution in [0.4, 0.5) is 0 Å². The maximum absolute atomic E-state index is 3.47. The molecule has 0 aliphatic carbocycles. The van der Waals surface area contributed by atoms with Crippen LogP contribution in [0.3, 0.4) is 0 Å². The molecule has 0 saturated carbocycles. The van der Waals surface area contributed by atoms with Gasteiger partial charge in [0.2, 0.25) is 0 Å². The van der Waals surface area contributed by atoms with E-state index in [9.17, 15) is 0 Å². The molecule has 5 aromatic carbocycles. The zero-order chi connectivity index (χ0) is 35.1.